The second-order valence-electron chi connectivity index (χ2n) is 4.27. The maximum atomic E-state index is 11.2. The number of hydrogen-bond donors (Lipinski definition) is 1. The van der Waals surface area contributed by atoms with Crippen LogP contribution >= 0.6 is 0 Å². The van der Waals surface area contributed by atoms with Crippen LogP contribution in [0.2, 0.25) is 0 Å². The summed E-state index contributed by atoms with van der Waals surface area (Å²) in [7, 11) is 0. The molecular weight excluding hydrogens is 214 g/mol. The van der Waals surface area contributed by atoms with Crippen molar-refractivity contribution in [3.8, 4) is 0 Å². The standard InChI is InChI=1S/C14H17NO2/c1-10(16)17-14-8-11(9-15)6-7-12-4-2-3-5-13(12)14/h2-6,14H,7-9,15H2,1H3. The Balaban J connectivity index is 2.34. The molecule has 1 atom stereocenters. The van der Waals surface area contributed by atoms with Crippen LogP contribution in [0, 0.1) is 0 Å². The second kappa shape index (κ2) is 5.15. The quantitative estimate of drug-likeness (QED) is 0.626. The summed E-state index contributed by atoms with van der Waals surface area (Å²) in [5.74, 6) is -0.247. The average molecular weight is 231 g/mol. The molecule has 0 heterocycles. The molecule has 0 aliphatic heterocycles. The summed E-state index contributed by atoms with van der Waals surface area (Å²) in [6.45, 7) is 1.96. The maximum absolute atomic E-state index is 11.2. The van der Waals surface area contributed by atoms with Crippen molar-refractivity contribution >= 4 is 5.97 Å². The molecule has 17 heavy (non-hydrogen) atoms. The van der Waals surface area contributed by atoms with Crippen LogP contribution in [0.4, 0.5) is 0 Å². The van der Waals surface area contributed by atoms with E-state index in [1.807, 2.05) is 18.2 Å². The molecule has 0 saturated carbocycles. The summed E-state index contributed by atoms with van der Waals surface area (Å²) in [6, 6.07) is 8.08. The lowest BCUT2D eigenvalue weighted by Gasteiger charge is -2.18. The smallest absolute Gasteiger partial charge is 0.303 e. The fourth-order valence-corrected chi connectivity index (χ4v) is 2.19. The van der Waals surface area contributed by atoms with Crippen LogP contribution in [0.3, 0.4) is 0 Å². The molecule has 0 aromatic heterocycles. The Morgan fingerprint density at radius 2 is 2.24 bits per heavy atom. The summed E-state index contributed by atoms with van der Waals surface area (Å²) >= 11 is 0. The first-order valence-corrected chi connectivity index (χ1v) is 5.83. The van der Waals surface area contributed by atoms with E-state index < -0.39 is 0 Å². The van der Waals surface area contributed by atoms with Gasteiger partial charge in [0.05, 0.1) is 0 Å². The van der Waals surface area contributed by atoms with E-state index in [9.17, 15) is 4.79 Å². The molecule has 90 valence electrons. The van der Waals surface area contributed by atoms with Crippen LogP contribution < -0.4 is 5.73 Å². The van der Waals surface area contributed by atoms with E-state index in [0.29, 0.717) is 13.0 Å². The summed E-state index contributed by atoms with van der Waals surface area (Å²) in [5, 5.41) is 0. The van der Waals surface area contributed by atoms with Gasteiger partial charge in [0.2, 0.25) is 0 Å². The normalized spacial score (nSPS) is 18.9. The van der Waals surface area contributed by atoms with Gasteiger partial charge in [-0.3, -0.25) is 4.79 Å². The molecule has 3 nitrogen and oxygen atoms in total. The van der Waals surface area contributed by atoms with Gasteiger partial charge in [0, 0.05) is 19.9 Å². The van der Waals surface area contributed by atoms with Crippen LogP contribution in [-0.4, -0.2) is 12.5 Å². The summed E-state index contributed by atoms with van der Waals surface area (Å²) in [5.41, 5.74) is 9.15. The number of fused-ring (bicyclic) bond motifs is 1. The average Bonchev–Trinajstić information content (AvgIpc) is 2.49. The van der Waals surface area contributed by atoms with Gasteiger partial charge in [0.15, 0.2) is 0 Å². The van der Waals surface area contributed by atoms with Gasteiger partial charge in [-0.2, -0.15) is 0 Å². The van der Waals surface area contributed by atoms with E-state index in [1.165, 1.54) is 12.5 Å². The van der Waals surface area contributed by atoms with Crippen LogP contribution in [0.1, 0.15) is 30.6 Å². The Morgan fingerprint density at radius 1 is 1.47 bits per heavy atom. The first kappa shape index (κ1) is 11.9. The van der Waals surface area contributed by atoms with Gasteiger partial charge in [0.1, 0.15) is 6.10 Å². The van der Waals surface area contributed by atoms with Crippen molar-refractivity contribution in [3.05, 3.63) is 47.0 Å². The molecule has 0 amide bonds. The second-order valence-corrected chi connectivity index (χ2v) is 4.27. The number of ether oxygens (including phenoxy) is 1. The topological polar surface area (TPSA) is 52.3 Å². The number of esters is 1. The molecule has 0 spiro atoms. The molecule has 3 heteroatoms. The maximum Gasteiger partial charge on any atom is 0.303 e. The zero-order valence-corrected chi connectivity index (χ0v) is 9.98. The summed E-state index contributed by atoms with van der Waals surface area (Å²) < 4.78 is 5.39. The minimum atomic E-state index is -0.247. The molecule has 1 aromatic carbocycles. The number of carbonyl (C=O) groups is 1. The lowest BCUT2D eigenvalue weighted by molar-refractivity contribution is -0.146. The van der Waals surface area contributed by atoms with E-state index in [2.05, 4.69) is 12.1 Å². The Morgan fingerprint density at radius 3 is 2.94 bits per heavy atom. The molecule has 1 aliphatic rings. The van der Waals surface area contributed by atoms with Gasteiger partial charge in [-0.15, -0.1) is 0 Å². The van der Waals surface area contributed by atoms with Crippen molar-refractivity contribution in [1.82, 2.24) is 0 Å². The Labute approximate surface area is 101 Å². The van der Waals surface area contributed by atoms with Gasteiger partial charge in [-0.05, 0) is 17.5 Å². The van der Waals surface area contributed by atoms with Gasteiger partial charge in [0.25, 0.3) is 0 Å². The molecular formula is C14H17NO2. The third-order valence-corrected chi connectivity index (χ3v) is 3.03. The highest BCUT2D eigenvalue weighted by Gasteiger charge is 2.21. The third-order valence-electron chi connectivity index (χ3n) is 3.03. The molecule has 0 fully saturated rings. The minimum absolute atomic E-state index is 0.194. The molecule has 2 N–H and O–H groups in total. The first-order chi connectivity index (χ1) is 8.20. The van der Waals surface area contributed by atoms with Crippen molar-refractivity contribution < 1.29 is 9.53 Å². The third kappa shape index (κ3) is 2.74. The zero-order valence-electron chi connectivity index (χ0n) is 9.98. The summed E-state index contributed by atoms with van der Waals surface area (Å²) in [4.78, 5) is 11.2. The van der Waals surface area contributed by atoms with Crippen molar-refractivity contribution in [2.75, 3.05) is 6.54 Å². The number of rotatable bonds is 2. The van der Waals surface area contributed by atoms with Crippen molar-refractivity contribution in [2.45, 2.75) is 25.9 Å². The predicted molar refractivity (Wildman–Crippen MR) is 66.4 cm³/mol. The Bertz CT molecular complexity index is 451. The van der Waals surface area contributed by atoms with Crippen LogP contribution in [-0.2, 0) is 16.0 Å². The lowest BCUT2D eigenvalue weighted by atomic mass is 10.00. The monoisotopic (exact) mass is 231 g/mol. The van der Waals surface area contributed by atoms with Gasteiger partial charge >= 0.3 is 5.97 Å². The number of allylic oxidation sites excluding steroid dienone is 1. The lowest BCUT2D eigenvalue weighted by Crippen LogP contribution is -2.12. The molecule has 1 aliphatic carbocycles. The highest BCUT2D eigenvalue weighted by Crippen LogP contribution is 2.31. The van der Waals surface area contributed by atoms with Crippen LogP contribution in [0.25, 0.3) is 0 Å². The van der Waals surface area contributed by atoms with E-state index in [-0.39, 0.29) is 12.1 Å². The summed E-state index contributed by atoms with van der Waals surface area (Å²) in [6.07, 6.45) is 3.51. The number of carbonyl (C=O) groups excluding carboxylic acids is 1. The van der Waals surface area contributed by atoms with Crippen molar-refractivity contribution in [2.24, 2.45) is 5.73 Å². The van der Waals surface area contributed by atoms with Crippen molar-refractivity contribution in [3.63, 3.8) is 0 Å². The fraction of sp³-hybridized carbons (Fsp3) is 0.357. The van der Waals surface area contributed by atoms with Crippen LogP contribution in [0.5, 0.6) is 0 Å². The molecule has 1 aromatic rings. The highest BCUT2D eigenvalue weighted by molar-refractivity contribution is 5.66. The first-order valence-electron chi connectivity index (χ1n) is 5.83. The van der Waals surface area contributed by atoms with Crippen LogP contribution in [0.15, 0.2) is 35.9 Å². The predicted octanol–water partition coefficient (Wildman–Crippen LogP) is 2.12. The zero-order chi connectivity index (χ0) is 12.3. The molecule has 1 unspecified atom stereocenters. The number of benzene rings is 1. The molecule has 0 radical (unpaired) electrons. The van der Waals surface area contributed by atoms with Gasteiger partial charge in [-0.1, -0.05) is 35.9 Å². The Hall–Kier alpha value is -1.61. The van der Waals surface area contributed by atoms with E-state index in [1.54, 1.807) is 0 Å². The largest absolute Gasteiger partial charge is 0.457 e. The Kier molecular flexibility index (Phi) is 3.59. The molecule has 0 bridgehead atoms. The molecule has 0 saturated heterocycles. The highest BCUT2D eigenvalue weighted by atomic mass is 16.5. The SMILES string of the molecule is CC(=O)OC1CC(CN)=CCc2ccccc21. The van der Waals surface area contributed by atoms with E-state index in [4.69, 9.17) is 10.5 Å². The van der Waals surface area contributed by atoms with Crippen molar-refractivity contribution in [1.29, 1.82) is 0 Å². The van der Waals surface area contributed by atoms with E-state index in [0.717, 1.165) is 17.6 Å². The fourth-order valence-electron chi connectivity index (χ4n) is 2.19. The molecule has 2 rings (SSSR count). The van der Waals surface area contributed by atoms with Gasteiger partial charge in [-0.25, -0.2) is 0 Å². The van der Waals surface area contributed by atoms with Gasteiger partial charge < -0.3 is 10.5 Å². The van der Waals surface area contributed by atoms with E-state index >= 15 is 0 Å². The minimum Gasteiger partial charge on any atom is -0.457 e. The number of nitrogens with two attached hydrogens (primary N) is 1. The number of hydrogen-bond acceptors (Lipinski definition) is 3.